The SMILES string of the molecule is CC(C)C1(C(F)(F)F)CCC1. The van der Waals surface area contributed by atoms with Gasteiger partial charge in [-0.1, -0.05) is 20.3 Å². The minimum atomic E-state index is -3.99. The van der Waals surface area contributed by atoms with E-state index in [1.54, 1.807) is 13.8 Å². The van der Waals surface area contributed by atoms with Crippen molar-refractivity contribution in [3.8, 4) is 0 Å². The first-order valence-corrected chi connectivity index (χ1v) is 3.97. The molecule has 3 heteroatoms. The van der Waals surface area contributed by atoms with Crippen molar-refractivity contribution in [3.63, 3.8) is 0 Å². The lowest BCUT2D eigenvalue weighted by Gasteiger charge is -2.46. The van der Waals surface area contributed by atoms with E-state index in [4.69, 9.17) is 0 Å². The molecule has 0 atom stereocenters. The normalized spacial score (nSPS) is 23.5. The van der Waals surface area contributed by atoms with Gasteiger partial charge in [0.15, 0.2) is 0 Å². The van der Waals surface area contributed by atoms with Crippen molar-refractivity contribution >= 4 is 0 Å². The monoisotopic (exact) mass is 166 g/mol. The molecule has 0 spiro atoms. The average Bonchev–Trinajstić information content (AvgIpc) is 1.52. The minimum Gasteiger partial charge on any atom is -0.170 e. The molecule has 0 aromatic carbocycles. The third kappa shape index (κ3) is 1.14. The summed E-state index contributed by atoms with van der Waals surface area (Å²) in [5, 5.41) is 0. The van der Waals surface area contributed by atoms with Crippen molar-refractivity contribution in [2.45, 2.75) is 39.3 Å². The van der Waals surface area contributed by atoms with E-state index in [1.165, 1.54) is 0 Å². The third-order valence-electron chi connectivity index (χ3n) is 2.92. The van der Waals surface area contributed by atoms with Crippen LogP contribution in [0.25, 0.3) is 0 Å². The van der Waals surface area contributed by atoms with E-state index < -0.39 is 11.6 Å². The molecule has 0 nitrogen and oxygen atoms in total. The maximum atomic E-state index is 12.4. The van der Waals surface area contributed by atoms with Crippen LogP contribution < -0.4 is 0 Å². The largest absolute Gasteiger partial charge is 0.394 e. The predicted octanol–water partition coefficient (Wildman–Crippen LogP) is 3.38. The molecule has 11 heavy (non-hydrogen) atoms. The molecule has 1 aliphatic rings. The second kappa shape index (κ2) is 2.39. The quantitative estimate of drug-likeness (QED) is 0.560. The lowest BCUT2D eigenvalue weighted by molar-refractivity contribution is -0.267. The molecule has 0 amide bonds. The highest BCUT2D eigenvalue weighted by Gasteiger charge is 2.59. The van der Waals surface area contributed by atoms with Gasteiger partial charge in [0.05, 0.1) is 5.41 Å². The molecule has 0 bridgehead atoms. The first kappa shape index (κ1) is 8.88. The predicted molar refractivity (Wildman–Crippen MR) is 37.2 cm³/mol. The molecule has 0 aromatic heterocycles. The van der Waals surface area contributed by atoms with Crippen molar-refractivity contribution in [2.75, 3.05) is 0 Å². The van der Waals surface area contributed by atoms with Crippen molar-refractivity contribution in [3.05, 3.63) is 0 Å². The van der Waals surface area contributed by atoms with Gasteiger partial charge in [-0.2, -0.15) is 13.2 Å². The molecule has 0 unspecified atom stereocenters. The summed E-state index contributed by atoms with van der Waals surface area (Å²) in [6, 6.07) is 0. The van der Waals surface area contributed by atoms with Crippen LogP contribution in [0, 0.1) is 11.3 Å². The summed E-state index contributed by atoms with van der Waals surface area (Å²) in [5.74, 6) is -0.267. The van der Waals surface area contributed by atoms with Crippen molar-refractivity contribution in [1.29, 1.82) is 0 Å². The zero-order valence-corrected chi connectivity index (χ0v) is 6.83. The Morgan fingerprint density at radius 2 is 1.64 bits per heavy atom. The summed E-state index contributed by atoms with van der Waals surface area (Å²) in [6.45, 7) is 3.32. The summed E-state index contributed by atoms with van der Waals surface area (Å²) >= 11 is 0. The number of hydrogen-bond donors (Lipinski definition) is 0. The molecule has 1 saturated carbocycles. The van der Waals surface area contributed by atoms with E-state index in [9.17, 15) is 13.2 Å². The molecule has 1 fully saturated rings. The van der Waals surface area contributed by atoms with Crippen LogP contribution in [0.1, 0.15) is 33.1 Å². The fourth-order valence-corrected chi connectivity index (χ4v) is 1.75. The van der Waals surface area contributed by atoms with Gasteiger partial charge < -0.3 is 0 Å². The zero-order valence-electron chi connectivity index (χ0n) is 6.83. The van der Waals surface area contributed by atoms with Gasteiger partial charge in [-0.15, -0.1) is 0 Å². The topological polar surface area (TPSA) is 0 Å². The van der Waals surface area contributed by atoms with Gasteiger partial charge in [-0.05, 0) is 18.8 Å². The lowest BCUT2D eigenvalue weighted by atomic mass is 9.61. The van der Waals surface area contributed by atoms with Gasteiger partial charge in [0, 0.05) is 0 Å². The first-order chi connectivity index (χ1) is 4.90. The fourth-order valence-electron chi connectivity index (χ4n) is 1.75. The second-order valence-corrected chi connectivity index (χ2v) is 3.66. The Hall–Kier alpha value is -0.210. The summed E-state index contributed by atoms with van der Waals surface area (Å²) < 4.78 is 37.2. The molecule has 0 heterocycles. The van der Waals surface area contributed by atoms with Gasteiger partial charge >= 0.3 is 6.18 Å². The number of rotatable bonds is 1. The van der Waals surface area contributed by atoms with Crippen LogP contribution in [-0.4, -0.2) is 6.18 Å². The summed E-state index contributed by atoms with van der Waals surface area (Å²) in [4.78, 5) is 0. The number of hydrogen-bond acceptors (Lipinski definition) is 0. The van der Waals surface area contributed by atoms with Crippen LogP contribution in [-0.2, 0) is 0 Å². The van der Waals surface area contributed by atoms with Gasteiger partial charge in [0.2, 0.25) is 0 Å². The Kier molecular flexibility index (Phi) is 1.93. The summed E-state index contributed by atoms with van der Waals surface area (Å²) in [6.07, 6.45) is -2.60. The van der Waals surface area contributed by atoms with Crippen molar-refractivity contribution in [2.24, 2.45) is 11.3 Å². The van der Waals surface area contributed by atoms with Crippen molar-refractivity contribution < 1.29 is 13.2 Å². The van der Waals surface area contributed by atoms with Crippen LogP contribution in [0.3, 0.4) is 0 Å². The molecule has 0 radical (unpaired) electrons. The number of alkyl halides is 3. The molecule has 0 N–H and O–H groups in total. The fraction of sp³-hybridized carbons (Fsp3) is 1.00. The maximum absolute atomic E-state index is 12.4. The highest BCUT2D eigenvalue weighted by molar-refractivity contribution is 4.95. The van der Waals surface area contributed by atoms with Crippen molar-refractivity contribution in [1.82, 2.24) is 0 Å². The summed E-state index contributed by atoms with van der Waals surface area (Å²) in [5.41, 5.74) is -1.34. The highest BCUT2D eigenvalue weighted by atomic mass is 19.4. The second-order valence-electron chi connectivity index (χ2n) is 3.66. The van der Waals surface area contributed by atoms with E-state index in [2.05, 4.69) is 0 Å². The maximum Gasteiger partial charge on any atom is 0.394 e. The van der Waals surface area contributed by atoms with Crippen LogP contribution in [0.2, 0.25) is 0 Å². The molecular weight excluding hydrogens is 153 g/mol. The third-order valence-corrected chi connectivity index (χ3v) is 2.92. The molecule has 0 aliphatic heterocycles. The molecule has 1 rings (SSSR count). The standard InChI is InChI=1S/C8H13F3/c1-6(2)7(4-3-5-7)8(9,10)11/h6H,3-5H2,1-2H3. The Morgan fingerprint density at radius 1 is 1.18 bits per heavy atom. The van der Waals surface area contributed by atoms with E-state index in [-0.39, 0.29) is 5.92 Å². The lowest BCUT2D eigenvalue weighted by Crippen LogP contribution is -2.47. The van der Waals surface area contributed by atoms with E-state index in [0.717, 1.165) is 6.42 Å². The van der Waals surface area contributed by atoms with Gasteiger partial charge in [0.1, 0.15) is 0 Å². The Morgan fingerprint density at radius 3 is 1.64 bits per heavy atom. The molecule has 66 valence electrons. The van der Waals surface area contributed by atoms with Gasteiger partial charge in [-0.25, -0.2) is 0 Å². The van der Waals surface area contributed by atoms with Crippen LogP contribution in [0.15, 0.2) is 0 Å². The van der Waals surface area contributed by atoms with Crippen LogP contribution in [0.4, 0.5) is 13.2 Å². The molecule has 1 aliphatic carbocycles. The zero-order chi connectivity index (χ0) is 8.70. The van der Waals surface area contributed by atoms with Gasteiger partial charge in [-0.3, -0.25) is 0 Å². The Labute approximate surface area is 64.8 Å². The van der Waals surface area contributed by atoms with Crippen LogP contribution in [0.5, 0.6) is 0 Å². The molecule has 0 aromatic rings. The highest BCUT2D eigenvalue weighted by Crippen LogP contribution is 2.57. The molecule has 0 saturated heterocycles. The average molecular weight is 166 g/mol. The summed E-state index contributed by atoms with van der Waals surface area (Å²) in [7, 11) is 0. The minimum absolute atomic E-state index is 0.267. The van der Waals surface area contributed by atoms with Crippen LogP contribution >= 0.6 is 0 Å². The van der Waals surface area contributed by atoms with Gasteiger partial charge in [0.25, 0.3) is 0 Å². The van der Waals surface area contributed by atoms with E-state index >= 15 is 0 Å². The Bertz CT molecular complexity index is 142. The molecular formula is C8H13F3. The van der Waals surface area contributed by atoms with E-state index in [0.29, 0.717) is 12.8 Å². The Balaban J connectivity index is 2.76. The van der Waals surface area contributed by atoms with E-state index in [1.807, 2.05) is 0 Å². The number of halogens is 3. The first-order valence-electron chi connectivity index (χ1n) is 3.97. The smallest absolute Gasteiger partial charge is 0.170 e.